The van der Waals surface area contributed by atoms with Crippen molar-refractivity contribution in [1.29, 1.82) is 0 Å². The molecule has 0 aliphatic heterocycles. The van der Waals surface area contributed by atoms with E-state index < -0.39 is 11.7 Å². The van der Waals surface area contributed by atoms with Crippen molar-refractivity contribution in [1.82, 2.24) is 16.0 Å². The van der Waals surface area contributed by atoms with Crippen LogP contribution in [0.1, 0.15) is 52.6 Å². The lowest BCUT2D eigenvalue weighted by atomic mass is 10.1. The summed E-state index contributed by atoms with van der Waals surface area (Å²) in [6.45, 7) is 11.0. The maximum Gasteiger partial charge on any atom is 0.408 e. The van der Waals surface area contributed by atoms with Crippen LogP contribution in [0.2, 0.25) is 0 Å². The van der Waals surface area contributed by atoms with Crippen molar-refractivity contribution in [2.75, 3.05) is 13.1 Å². The molecular weight excluding hydrogens is 455 g/mol. The average molecular weight is 488 g/mol. The van der Waals surface area contributed by atoms with Crippen molar-refractivity contribution in [3.63, 3.8) is 0 Å². The van der Waals surface area contributed by atoms with Crippen LogP contribution in [-0.4, -0.2) is 36.8 Å². The fraction of sp³-hybridized carbons (Fsp3) is 0.600. The summed E-state index contributed by atoms with van der Waals surface area (Å²) in [6, 6.07) is 10.1. The Hall–Kier alpha value is -1.51. The van der Waals surface area contributed by atoms with Crippen molar-refractivity contribution < 1.29 is 9.53 Å². The third-order valence-electron chi connectivity index (χ3n) is 4.10. The summed E-state index contributed by atoms with van der Waals surface area (Å²) in [5, 5.41) is 9.64. The van der Waals surface area contributed by atoms with Crippen LogP contribution in [0.4, 0.5) is 4.79 Å². The van der Waals surface area contributed by atoms with E-state index in [1.807, 2.05) is 58.0 Å². The van der Waals surface area contributed by atoms with Gasteiger partial charge >= 0.3 is 6.09 Å². The number of carbonyl (C=O) groups excluding carboxylic acids is 1. The molecule has 3 unspecified atom stereocenters. The number of carbonyl (C=O) groups is 1. The minimum Gasteiger partial charge on any atom is -0.444 e. The molecule has 7 heteroatoms. The Balaban J connectivity index is 0.00000364. The molecule has 1 saturated carbocycles. The van der Waals surface area contributed by atoms with Crippen molar-refractivity contribution in [3.05, 3.63) is 35.9 Å². The Bertz CT molecular complexity index is 616. The number of benzene rings is 1. The number of nitrogens with one attached hydrogen (secondary N) is 3. The van der Waals surface area contributed by atoms with E-state index in [2.05, 4.69) is 27.9 Å². The molecule has 0 spiro atoms. The first-order valence-corrected chi connectivity index (χ1v) is 9.38. The highest BCUT2D eigenvalue weighted by Gasteiger charge is 2.33. The summed E-state index contributed by atoms with van der Waals surface area (Å²) >= 11 is 0. The van der Waals surface area contributed by atoms with Crippen molar-refractivity contribution >= 4 is 36.0 Å². The minimum atomic E-state index is -0.535. The monoisotopic (exact) mass is 488 g/mol. The molecule has 1 aliphatic rings. The predicted octanol–water partition coefficient (Wildman–Crippen LogP) is 3.83. The van der Waals surface area contributed by atoms with Gasteiger partial charge in [0.15, 0.2) is 5.96 Å². The van der Waals surface area contributed by atoms with Gasteiger partial charge in [-0.1, -0.05) is 37.3 Å². The van der Waals surface area contributed by atoms with Gasteiger partial charge < -0.3 is 20.7 Å². The van der Waals surface area contributed by atoms with E-state index in [1.54, 1.807) is 0 Å². The number of halogens is 1. The van der Waals surface area contributed by atoms with E-state index in [0.717, 1.165) is 18.1 Å². The molecule has 0 radical (unpaired) electrons. The molecule has 0 heterocycles. The molecule has 1 aliphatic carbocycles. The Labute approximate surface area is 179 Å². The van der Waals surface area contributed by atoms with Crippen molar-refractivity contribution in [2.45, 2.75) is 58.7 Å². The Kier molecular flexibility index (Phi) is 9.35. The number of nitrogens with zero attached hydrogens (tertiary/aromatic N) is 1. The molecule has 0 saturated heterocycles. The van der Waals surface area contributed by atoms with Gasteiger partial charge in [0.05, 0.1) is 12.6 Å². The molecule has 2 rings (SSSR count). The SMILES string of the molecule is CCNC(=NCC(NC(=O)OC(C)(C)C)c1ccccc1)NC1CC1C.I. The number of alkyl carbamates (subject to hydrolysis) is 1. The van der Waals surface area contributed by atoms with E-state index >= 15 is 0 Å². The van der Waals surface area contributed by atoms with E-state index in [0.29, 0.717) is 18.5 Å². The summed E-state index contributed by atoms with van der Waals surface area (Å²) in [4.78, 5) is 16.9. The number of amides is 1. The highest BCUT2D eigenvalue weighted by molar-refractivity contribution is 14.0. The lowest BCUT2D eigenvalue weighted by Crippen LogP contribution is -2.40. The fourth-order valence-corrected chi connectivity index (χ4v) is 2.57. The van der Waals surface area contributed by atoms with Crippen LogP contribution < -0.4 is 16.0 Å². The Morgan fingerprint density at radius 3 is 2.44 bits per heavy atom. The van der Waals surface area contributed by atoms with Gasteiger partial charge in [-0.05, 0) is 45.6 Å². The quantitative estimate of drug-likeness (QED) is 0.323. The second-order valence-corrected chi connectivity index (χ2v) is 7.79. The lowest BCUT2D eigenvalue weighted by molar-refractivity contribution is 0.0505. The summed E-state index contributed by atoms with van der Waals surface area (Å²) in [5.74, 6) is 1.47. The maximum atomic E-state index is 12.2. The Morgan fingerprint density at radius 2 is 1.93 bits per heavy atom. The maximum absolute atomic E-state index is 12.2. The number of rotatable bonds is 6. The predicted molar refractivity (Wildman–Crippen MR) is 121 cm³/mol. The van der Waals surface area contributed by atoms with Gasteiger partial charge in [0.1, 0.15) is 5.60 Å². The van der Waals surface area contributed by atoms with Gasteiger partial charge in [0.25, 0.3) is 0 Å². The van der Waals surface area contributed by atoms with Crippen LogP contribution in [0.3, 0.4) is 0 Å². The third kappa shape index (κ3) is 8.81. The van der Waals surface area contributed by atoms with Crippen LogP contribution in [0.15, 0.2) is 35.3 Å². The van der Waals surface area contributed by atoms with Gasteiger partial charge in [-0.15, -0.1) is 24.0 Å². The standard InChI is InChI=1S/C20H32N4O2.HI/c1-6-21-18(23-16-12-14(16)2)22-13-17(15-10-8-7-9-11-15)24-19(25)26-20(3,4)5;/h7-11,14,16-17H,6,12-13H2,1-5H3,(H,24,25)(H2,21,22,23);1H. The van der Waals surface area contributed by atoms with E-state index in [9.17, 15) is 4.79 Å². The topological polar surface area (TPSA) is 74.8 Å². The highest BCUT2D eigenvalue weighted by atomic mass is 127. The number of hydrogen-bond acceptors (Lipinski definition) is 3. The first kappa shape index (κ1) is 23.5. The molecule has 0 aromatic heterocycles. The zero-order valence-corrected chi connectivity index (χ0v) is 19.2. The summed E-state index contributed by atoms with van der Waals surface area (Å²) in [5.41, 5.74) is 0.463. The zero-order chi connectivity index (χ0) is 19.2. The van der Waals surface area contributed by atoms with Crippen LogP contribution in [-0.2, 0) is 4.74 Å². The second-order valence-electron chi connectivity index (χ2n) is 7.79. The summed E-state index contributed by atoms with van der Waals surface area (Å²) in [6.07, 6.45) is 0.734. The fourth-order valence-electron chi connectivity index (χ4n) is 2.57. The lowest BCUT2D eigenvalue weighted by Gasteiger charge is -2.23. The van der Waals surface area contributed by atoms with E-state index in [1.165, 1.54) is 6.42 Å². The number of hydrogen-bond donors (Lipinski definition) is 3. The molecule has 1 amide bonds. The molecule has 3 N–H and O–H groups in total. The van der Waals surface area contributed by atoms with Crippen LogP contribution in [0.25, 0.3) is 0 Å². The zero-order valence-electron chi connectivity index (χ0n) is 16.9. The molecule has 152 valence electrons. The van der Waals surface area contributed by atoms with Crippen LogP contribution >= 0.6 is 24.0 Å². The molecule has 6 nitrogen and oxygen atoms in total. The molecule has 1 aromatic rings. The van der Waals surface area contributed by atoms with Gasteiger partial charge in [-0.2, -0.15) is 0 Å². The van der Waals surface area contributed by atoms with Crippen molar-refractivity contribution in [2.24, 2.45) is 10.9 Å². The largest absolute Gasteiger partial charge is 0.444 e. The first-order valence-electron chi connectivity index (χ1n) is 9.38. The van der Waals surface area contributed by atoms with Gasteiger partial charge in [0, 0.05) is 12.6 Å². The number of ether oxygens (including phenoxy) is 1. The summed E-state index contributed by atoms with van der Waals surface area (Å²) < 4.78 is 5.40. The molecular formula is C20H33IN4O2. The minimum absolute atomic E-state index is 0. The van der Waals surface area contributed by atoms with E-state index in [4.69, 9.17) is 4.74 Å². The van der Waals surface area contributed by atoms with Gasteiger partial charge in [0.2, 0.25) is 0 Å². The molecule has 1 fully saturated rings. The second kappa shape index (κ2) is 10.7. The van der Waals surface area contributed by atoms with Gasteiger partial charge in [-0.3, -0.25) is 4.99 Å². The molecule has 0 bridgehead atoms. The molecule has 27 heavy (non-hydrogen) atoms. The third-order valence-corrected chi connectivity index (χ3v) is 4.10. The van der Waals surface area contributed by atoms with Crippen LogP contribution in [0, 0.1) is 5.92 Å². The summed E-state index contributed by atoms with van der Waals surface area (Å²) in [7, 11) is 0. The molecule has 3 atom stereocenters. The van der Waals surface area contributed by atoms with Crippen LogP contribution in [0.5, 0.6) is 0 Å². The van der Waals surface area contributed by atoms with E-state index in [-0.39, 0.29) is 30.0 Å². The number of guanidine groups is 1. The highest BCUT2D eigenvalue weighted by Crippen LogP contribution is 2.28. The Morgan fingerprint density at radius 1 is 1.30 bits per heavy atom. The van der Waals surface area contributed by atoms with Gasteiger partial charge in [-0.25, -0.2) is 4.79 Å². The average Bonchev–Trinajstić information content (AvgIpc) is 3.25. The van der Waals surface area contributed by atoms with Crippen molar-refractivity contribution in [3.8, 4) is 0 Å². The normalized spacial score (nSPS) is 20.1. The smallest absolute Gasteiger partial charge is 0.408 e. The first-order chi connectivity index (χ1) is 12.3. The number of aliphatic imine (C=N–C) groups is 1. The molecule has 1 aromatic carbocycles.